The molecule has 1 aliphatic heterocycles. The van der Waals surface area contributed by atoms with Crippen molar-refractivity contribution in [3.63, 3.8) is 0 Å². The maximum Gasteiger partial charge on any atom is 0.126 e. The summed E-state index contributed by atoms with van der Waals surface area (Å²) in [5, 5.41) is 13.2. The molecule has 0 bridgehead atoms. The van der Waals surface area contributed by atoms with Crippen molar-refractivity contribution in [1.82, 2.24) is 10.2 Å². The molecular weight excluding hydrogens is 310 g/mol. The Labute approximate surface area is 140 Å². The molecule has 2 atom stereocenters. The monoisotopic (exact) mass is 332 g/mol. The summed E-state index contributed by atoms with van der Waals surface area (Å²) in [5.74, 6) is -1.12. The van der Waals surface area contributed by atoms with Crippen LogP contribution in [-0.4, -0.2) is 35.2 Å². The number of β-amino-alcohol motifs (C(OH)–C–C–N with tert-alkyl or cyclic N) is 1. The zero-order valence-corrected chi connectivity index (χ0v) is 13.5. The zero-order chi connectivity index (χ0) is 16.9. The van der Waals surface area contributed by atoms with E-state index in [1.807, 2.05) is 18.2 Å². The summed E-state index contributed by atoms with van der Waals surface area (Å²) in [6.45, 7) is 2.51. The van der Waals surface area contributed by atoms with Crippen molar-refractivity contribution in [2.24, 2.45) is 0 Å². The number of nitrogens with one attached hydrogen (secondary N) is 1. The summed E-state index contributed by atoms with van der Waals surface area (Å²) in [6, 6.07) is 13.9. The van der Waals surface area contributed by atoms with Gasteiger partial charge in [-0.1, -0.05) is 30.3 Å². The number of hydrogen-bond acceptors (Lipinski definition) is 3. The van der Waals surface area contributed by atoms with Gasteiger partial charge in [-0.25, -0.2) is 8.78 Å². The highest BCUT2D eigenvalue weighted by molar-refractivity contribution is 5.18. The standard InChI is InChI=1S/C19H22F2N2O/c20-16-6-15(7-17(21)8-16)10-22-11-18-9-19(24)13-23(18)12-14-4-2-1-3-5-14/h1-8,18-19,22,24H,9-13H2. The van der Waals surface area contributed by atoms with Gasteiger partial charge in [0.2, 0.25) is 0 Å². The molecule has 1 aliphatic rings. The second-order valence-corrected chi connectivity index (χ2v) is 6.37. The topological polar surface area (TPSA) is 35.5 Å². The maximum atomic E-state index is 13.2. The van der Waals surface area contributed by atoms with Crippen LogP contribution in [0.1, 0.15) is 17.5 Å². The van der Waals surface area contributed by atoms with E-state index < -0.39 is 11.6 Å². The molecule has 0 aromatic heterocycles. The maximum absolute atomic E-state index is 13.2. The zero-order valence-electron chi connectivity index (χ0n) is 13.5. The number of nitrogens with zero attached hydrogens (tertiary/aromatic N) is 1. The van der Waals surface area contributed by atoms with Crippen LogP contribution in [0.3, 0.4) is 0 Å². The number of likely N-dealkylation sites (tertiary alicyclic amines) is 1. The molecule has 5 heteroatoms. The van der Waals surface area contributed by atoms with Gasteiger partial charge in [0.25, 0.3) is 0 Å². The highest BCUT2D eigenvalue weighted by Gasteiger charge is 2.30. The van der Waals surface area contributed by atoms with Crippen LogP contribution in [0.5, 0.6) is 0 Å². The van der Waals surface area contributed by atoms with Crippen molar-refractivity contribution in [1.29, 1.82) is 0 Å². The molecule has 2 unspecified atom stereocenters. The van der Waals surface area contributed by atoms with E-state index in [1.54, 1.807) is 0 Å². The summed E-state index contributed by atoms with van der Waals surface area (Å²) < 4.78 is 26.4. The third-order valence-electron chi connectivity index (χ3n) is 4.37. The van der Waals surface area contributed by atoms with Crippen LogP contribution >= 0.6 is 0 Å². The highest BCUT2D eigenvalue weighted by atomic mass is 19.1. The van der Waals surface area contributed by atoms with Crippen LogP contribution < -0.4 is 5.32 Å². The fourth-order valence-corrected chi connectivity index (χ4v) is 3.28. The molecular formula is C19H22F2N2O. The molecule has 0 saturated carbocycles. The van der Waals surface area contributed by atoms with Crippen LogP contribution in [0.2, 0.25) is 0 Å². The van der Waals surface area contributed by atoms with E-state index in [0.29, 0.717) is 31.6 Å². The van der Waals surface area contributed by atoms with E-state index in [1.165, 1.54) is 17.7 Å². The lowest BCUT2D eigenvalue weighted by Gasteiger charge is -2.24. The van der Waals surface area contributed by atoms with Crippen molar-refractivity contribution in [2.45, 2.75) is 31.7 Å². The Balaban J connectivity index is 1.54. The van der Waals surface area contributed by atoms with Crippen molar-refractivity contribution >= 4 is 0 Å². The molecule has 0 aliphatic carbocycles. The summed E-state index contributed by atoms with van der Waals surface area (Å²) in [4.78, 5) is 2.25. The van der Waals surface area contributed by atoms with E-state index >= 15 is 0 Å². The molecule has 24 heavy (non-hydrogen) atoms. The first-order chi connectivity index (χ1) is 11.6. The van der Waals surface area contributed by atoms with Crippen molar-refractivity contribution in [2.75, 3.05) is 13.1 Å². The fraction of sp³-hybridized carbons (Fsp3) is 0.368. The Bertz CT molecular complexity index is 645. The fourth-order valence-electron chi connectivity index (χ4n) is 3.28. The molecule has 1 fully saturated rings. The lowest BCUT2D eigenvalue weighted by atomic mass is 10.1. The van der Waals surface area contributed by atoms with Gasteiger partial charge in [0, 0.05) is 38.3 Å². The first-order valence-electron chi connectivity index (χ1n) is 8.22. The molecule has 0 amide bonds. The molecule has 1 heterocycles. The number of benzene rings is 2. The smallest absolute Gasteiger partial charge is 0.126 e. The van der Waals surface area contributed by atoms with E-state index in [0.717, 1.165) is 12.6 Å². The molecule has 3 nitrogen and oxygen atoms in total. The molecule has 0 radical (unpaired) electrons. The Kier molecular flexibility index (Phi) is 5.56. The van der Waals surface area contributed by atoms with E-state index in [-0.39, 0.29) is 12.1 Å². The molecule has 0 spiro atoms. The molecule has 2 aromatic rings. The summed E-state index contributed by atoms with van der Waals surface area (Å²) >= 11 is 0. The van der Waals surface area contributed by atoms with Gasteiger partial charge in [-0.3, -0.25) is 4.90 Å². The van der Waals surface area contributed by atoms with Gasteiger partial charge >= 0.3 is 0 Å². The van der Waals surface area contributed by atoms with Crippen LogP contribution in [0, 0.1) is 11.6 Å². The Morgan fingerprint density at radius 3 is 2.46 bits per heavy atom. The minimum absolute atomic E-state index is 0.207. The SMILES string of the molecule is OC1CC(CNCc2cc(F)cc(F)c2)N(Cc2ccccc2)C1. The molecule has 128 valence electrons. The first kappa shape index (κ1) is 17.0. The van der Waals surface area contributed by atoms with Gasteiger partial charge in [-0.15, -0.1) is 0 Å². The second-order valence-electron chi connectivity index (χ2n) is 6.37. The third kappa shape index (κ3) is 4.60. The summed E-state index contributed by atoms with van der Waals surface area (Å²) in [7, 11) is 0. The summed E-state index contributed by atoms with van der Waals surface area (Å²) in [5.41, 5.74) is 1.80. The Morgan fingerprint density at radius 2 is 1.75 bits per heavy atom. The predicted molar refractivity (Wildman–Crippen MR) is 89.3 cm³/mol. The summed E-state index contributed by atoms with van der Waals surface area (Å²) in [6.07, 6.45) is 0.379. The number of rotatable bonds is 6. The van der Waals surface area contributed by atoms with Gasteiger partial charge < -0.3 is 10.4 Å². The van der Waals surface area contributed by atoms with E-state index in [2.05, 4.69) is 22.3 Å². The molecule has 2 aromatic carbocycles. The van der Waals surface area contributed by atoms with Crippen LogP contribution in [0.4, 0.5) is 8.78 Å². The van der Waals surface area contributed by atoms with Crippen LogP contribution in [0.15, 0.2) is 48.5 Å². The van der Waals surface area contributed by atoms with Crippen molar-refractivity contribution in [3.05, 3.63) is 71.3 Å². The van der Waals surface area contributed by atoms with Gasteiger partial charge in [0.05, 0.1) is 6.10 Å². The lowest BCUT2D eigenvalue weighted by molar-refractivity contribution is 0.172. The number of aliphatic hydroxyl groups excluding tert-OH is 1. The Morgan fingerprint density at radius 1 is 1.04 bits per heavy atom. The number of halogens is 2. The first-order valence-corrected chi connectivity index (χ1v) is 8.22. The quantitative estimate of drug-likeness (QED) is 0.854. The number of aliphatic hydroxyl groups is 1. The lowest BCUT2D eigenvalue weighted by Crippen LogP contribution is -2.37. The van der Waals surface area contributed by atoms with Gasteiger partial charge in [0.15, 0.2) is 0 Å². The molecule has 3 rings (SSSR count). The van der Waals surface area contributed by atoms with Gasteiger partial charge in [-0.2, -0.15) is 0 Å². The Hall–Kier alpha value is -1.82. The normalized spacial score (nSPS) is 21.3. The average Bonchev–Trinajstić information content (AvgIpc) is 2.87. The van der Waals surface area contributed by atoms with Crippen molar-refractivity contribution < 1.29 is 13.9 Å². The van der Waals surface area contributed by atoms with Gasteiger partial charge in [-0.05, 0) is 29.7 Å². The highest BCUT2D eigenvalue weighted by Crippen LogP contribution is 2.20. The van der Waals surface area contributed by atoms with E-state index in [4.69, 9.17) is 0 Å². The third-order valence-corrected chi connectivity index (χ3v) is 4.37. The number of hydrogen-bond donors (Lipinski definition) is 2. The van der Waals surface area contributed by atoms with Crippen molar-refractivity contribution in [3.8, 4) is 0 Å². The minimum atomic E-state index is -0.561. The van der Waals surface area contributed by atoms with Crippen LogP contribution in [-0.2, 0) is 13.1 Å². The predicted octanol–water partition coefficient (Wildman–Crippen LogP) is 2.69. The molecule has 1 saturated heterocycles. The molecule has 2 N–H and O–H groups in total. The van der Waals surface area contributed by atoms with Gasteiger partial charge in [0.1, 0.15) is 11.6 Å². The average molecular weight is 332 g/mol. The van der Waals surface area contributed by atoms with E-state index in [9.17, 15) is 13.9 Å². The van der Waals surface area contributed by atoms with Crippen LogP contribution in [0.25, 0.3) is 0 Å². The largest absolute Gasteiger partial charge is 0.392 e. The second kappa shape index (κ2) is 7.83. The minimum Gasteiger partial charge on any atom is -0.392 e.